The highest BCUT2D eigenvalue weighted by molar-refractivity contribution is 7.17. The Labute approximate surface area is 179 Å². The Kier molecular flexibility index (Phi) is 4.78. The number of methoxy groups -OCH3 is 1. The molecule has 1 amide bonds. The summed E-state index contributed by atoms with van der Waals surface area (Å²) < 4.78 is 12.6. The van der Waals surface area contributed by atoms with Crippen LogP contribution in [0.3, 0.4) is 0 Å². The average molecular weight is 438 g/mol. The van der Waals surface area contributed by atoms with Gasteiger partial charge in [-0.05, 0) is 36.4 Å². The summed E-state index contributed by atoms with van der Waals surface area (Å²) in [5, 5.41) is 10.6. The number of carbonyl (C=O) groups excluding carboxylic acids is 1. The van der Waals surface area contributed by atoms with Gasteiger partial charge in [0, 0.05) is 18.5 Å². The van der Waals surface area contributed by atoms with Gasteiger partial charge in [0.05, 0.1) is 13.2 Å². The molecule has 0 aliphatic carbocycles. The van der Waals surface area contributed by atoms with Gasteiger partial charge >= 0.3 is 5.63 Å². The predicted octanol–water partition coefficient (Wildman–Crippen LogP) is 2.45. The number of thiophene rings is 1. The van der Waals surface area contributed by atoms with Crippen LogP contribution in [0, 0.1) is 0 Å². The van der Waals surface area contributed by atoms with E-state index in [4.69, 9.17) is 9.15 Å². The van der Waals surface area contributed by atoms with Gasteiger partial charge in [0.2, 0.25) is 0 Å². The van der Waals surface area contributed by atoms with Gasteiger partial charge in [-0.25, -0.2) is 9.48 Å². The van der Waals surface area contributed by atoms with Crippen molar-refractivity contribution < 1.29 is 13.9 Å². The summed E-state index contributed by atoms with van der Waals surface area (Å²) in [5.74, 6) is 0.0488. The van der Waals surface area contributed by atoms with Gasteiger partial charge in [0.15, 0.2) is 11.3 Å². The van der Waals surface area contributed by atoms with Crippen LogP contribution in [-0.4, -0.2) is 46.0 Å². The van der Waals surface area contributed by atoms with Gasteiger partial charge in [-0.2, -0.15) is 0 Å². The molecule has 0 atom stereocenters. The fourth-order valence-electron chi connectivity index (χ4n) is 3.93. The maximum absolute atomic E-state index is 13.0. The van der Waals surface area contributed by atoms with E-state index >= 15 is 0 Å². The largest absolute Gasteiger partial charge is 0.493 e. The summed E-state index contributed by atoms with van der Waals surface area (Å²) in [4.78, 5) is 39.8. The molecule has 9 nitrogen and oxygen atoms in total. The van der Waals surface area contributed by atoms with Crippen LogP contribution < -0.4 is 15.9 Å². The maximum Gasteiger partial charge on any atom is 0.349 e. The summed E-state index contributed by atoms with van der Waals surface area (Å²) >= 11 is 1.35. The van der Waals surface area contributed by atoms with E-state index in [0.29, 0.717) is 52.9 Å². The minimum absolute atomic E-state index is 0.0174. The van der Waals surface area contributed by atoms with Crippen molar-refractivity contribution in [1.29, 1.82) is 0 Å². The molecule has 10 heteroatoms. The number of likely N-dealkylation sites (tertiary alicyclic amines) is 1. The lowest BCUT2D eigenvalue weighted by molar-refractivity contribution is 0.0683. The summed E-state index contributed by atoms with van der Waals surface area (Å²) in [6, 6.07) is 8.38. The first-order valence-electron chi connectivity index (χ1n) is 9.79. The zero-order valence-electron chi connectivity index (χ0n) is 16.6. The van der Waals surface area contributed by atoms with E-state index in [9.17, 15) is 14.4 Å². The molecule has 0 radical (unpaired) electrons. The van der Waals surface area contributed by atoms with Gasteiger partial charge < -0.3 is 14.1 Å². The number of piperidine rings is 1. The number of aromatic nitrogens is 3. The lowest BCUT2D eigenvalue weighted by Gasteiger charge is -2.31. The molecule has 3 aromatic heterocycles. The molecular formula is C21H18N4O5S. The number of amides is 1. The minimum Gasteiger partial charge on any atom is -0.493 e. The summed E-state index contributed by atoms with van der Waals surface area (Å²) in [6.07, 6.45) is 1.09. The molecule has 1 aromatic carbocycles. The minimum atomic E-state index is -0.700. The van der Waals surface area contributed by atoms with E-state index in [1.54, 1.807) is 35.2 Å². The molecule has 4 aromatic rings. The highest BCUT2D eigenvalue weighted by atomic mass is 32.1. The van der Waals surface area contributed by atoms with Crippen molar-refractivity contribution in [3.05, 3.63) is 62.0 Å². The number of hydrogen-bond acceptors (Lipinski definition) is 8. The van der Waals surface area contributed by atoms with Crippen molar-refractivity contribution >= 4 is 38.4 Å². The third-order valence-corrected chi connectivity index (χ3v) is 6.46. The van der Waals surface area contributed by atoms with E-state index in [0.717, 1.165) is 0 Å². The summed E-state index contributed by atoms with van der Waals surface area (Å²) in [7, 11) is 1.49. The average Bonchev–Trinajstić information content (AvgIpc) is 3.28. The fraction of sp³-hybridized carbons (Fsp3) is 0.286. The van der Waals surface area contributed by atoms with Crippen molar-refractivity contribution in [3.63, 3.8) is 0 Å². The normalized spacial score (nSPS) is 14.9. The fourth-order valence-corrected chi connectivity index (χ4v) is 4.69. The second kappa shape index (κ2) is 7.62. The number of para-hydroxylation sites is 1. The monoisotopic (exact) mass is 438 g/mol. The highest BCUT2D eigenvalue weighted by Crippen LogP contribution is 2.26. The van der Waals surface area contributed by atoms with Crippen molar-refractivity contribution in [2.75, 3.05) is 20.2 Å². The van der Waals surface area contributed by atoms with Crippen LogP contribution in [-0.2, 0) is 0 Å². The second-order valence-electron chi connectivity index (χ2n) is 7.32. The molecule has 5 rings (SSSR count). The van der Waals surface area contributed by atoms with Crippen molar-refractivity contribution in [1.82, 2.24) is 19.9 Å². The molecule has 0 N–H and O–H groups in total. The number of ether oxygens (including phenoxy) is 1. The Bertz CT molecular complexity index is 1410. The predicted molar refractivity (Wildman–Crippen MR) is 115 cm³/mol. The molecule has 1 saturated heterocycles. The zero-order valence-corrected chi connectivity index (χ0v) is 17.4. The van der Waals surface area contributed by atoms with Crippen LogP contribution >= 0.6 is 11.3 Å². The molecule has 1 fully saturated rings. The molecule has 0 saturated carbocycles. The first-order chi connectivity index (χ1) is 15.1. The van der Waals surface area contributed by atoms with Crippen LogP contribution in [0.5, 0.6) is 5.75 Å². The number of rotatable bonds is 3. The van der Waals surface area contributed by atoms with Gasteiger partial charge in [-0.3, -0.25) is 9.59 Å². The van der Waals surface area contributed by atoms with Crippen molar-refractivity contribution in [2.24, 2.45) is 0 Å². The molecule has 0 spiro atoms. The molecule has 0 unspecified atom stereocenters. The number of carbonyl (C=O) groups is 1. The van der Waals surface area contributed by atoms with E-state index in [2.05, 4.69) is 10.3 Å². The standard InChI is InChI=1S/C21H18N4O5S/c1-29-16-4-2-3-12-11-14(21(28)30-17(12)16)19(26)24-8-5-13(6-9-24)25-20(27)18-15(22-23-25)7-10-31-18/h2-4,7,10-11,13H,5-6,8-9H2,1H3. The highest BCUT2D eigenvalue weighted by Gasteiger charge is 2.28. The van der Waals surface area contributed by atoms with Crippen LogP contribution in [0.15, 0.2) is 49.7 Å². The van der Waals surface area contributed by atoms with Crippen LogP contribution in [0.25, 0.3) is 21.2 Å². The molecule has 4 heterocycles. The van der Waals surface area contributed by atoms with E-state index < -0.39 is 5.63 Å². The Morgan fingerprint density at radius 3 is 2.81 bits per heavy atom. The Morgan fingerprint density at radius 1 is 1.23 bits per heavy atom. The molecule has 31 heavy (non-hydrogen) atoms. The SMILES string of the molecule is COc1cccc2cc(C(=O)N3CCC(n4nnc5ccsc5c4=O)CC3)c(=O)oc12. The van der Waals surface area contributed by atoms with E-state index in [1.165, 1.54) is 23.1 Å². The molecule has 1 aliphatic rings. The van der Waals surface area contributed by atoms with E-state index in [-0.39, 0.29) is 23.1 Å². The molecule has 158 valence electrons. The maximum atomic E-state index is 13.0. The van der Waals surface area contributed by atoms with Gasteiger partial charge in [0.1, 0.15) is 15.8 Å². The lowest BCUT2D eigenvalue weighted by Crippen LogP contribution is -2.42. The first-order valence-corrected chi connectivity index (χ1v) is 10.7. The number of nitrogens with zero attached hydrogens (tertiary/aromatic N) is 4. The van der Waals surface area contributed by atoms with E-state index in [1.807, 2.05) is 5.38 Å². The van der Waals surface area contributed by atoms with Crippen molar-refractivity contribution in [2.45, 2.75) is 18.9 Å². The Balaban J connectivity index is 1.37. The summed E-state index contributed by atoms with van der Waals surface area (Å²) in [6.45, 7) is 0.797. The van der Waals surface area contributed by atoms with Gasteiger partial charge in [0.25, 0.3) is 11.5 Å². The third kappa shape index (κ3) is 3.28. The second-order valence-corrected chi connectivity index (χ2v) is 8.24. The first kappa shape index (κ1) is 19.4. The van der Waals surface area contributed by atoms with Crippen LogP contribution in [0.2, 0.25) is 0 Å². The number of benzene rings is 1. The van der Waals surface area contributed by atoms with Crippen LogP contribution in [0.1, 0.15) is 29.2 Å². The third-order valence-electron chi connectivity index (χ3n) is 5.57. The molecule has 0 bridgehead atoms. The number of hydrogen-bond donors (Lipinski definition) is 0. The molecular weight excluding hydrogens is 420 g/mol. The quantitative estimate of drug-likeness (QED) is 0.452. The van der Waals surface area contributed by atoms with Crippen molar-refractivity contribution in [3.8, 4) is 5.75 Å². The Hall–Kier alpha value is -3.53. The molecule has 1 aliphatic heterocycles. The number of fused-ring (bicyclic) bond motifs is 2. The lowest BCUT2D eigenvalue weighted by atomic mass is 10.0. The Morgan fingerprint density at radius 2 is 2.03 bits per heavy atom. The smallest absolute Gasteiger partial charge is 0.349 e. The topological polar surface area (TPSA) is 108 Å². The van der Waals surface area contributed by atoms with Gasteiger partial charge in [-0.15, -0.1) is 16.4 Å². The van der Waals surface area contributed by atoms with Crippen LogP contribution in [0.4, 0.5) is 0 Å². The van der Waals surface area contributed by atoms with Gasteiger partial charge in [-0.1, -0.05) is 17.3 Å². The summed E-state index contributed by atoms with van der Waals surface area (Å²) in [5.41, 5.74) is 0.0325. The zero-order chi connectivity index (χ0) is 21.5.